The van der Waals surface area contributed by atoms with Crippen molar-refractivity contribution in [1.82, 2.24) is 14.8 Å². The van der Waals surface area contributed by atoms with Crippen molar-refractivity contribution in [3.63, 3.8) is 0 Å². The Morgan fingerprint density at radius 2 is 2.20 bits per heavy atom. The third kappa shape index (κ3) is 3.34. The molecule has 1 N–H and O–H groups in total. The fraction of sp³-hybridized carbons (Fsp3) is 0.700. The van der Waals surface area contributed by atoms with Crippen molar-refractivity contribution < 1.29 is 9.90 Å². The van der Waals surface area contributed by atoms with E-state index in [2.05, 4.69) is 17.1 Å². The topological polar surface area (TPSA) is 68.0 Å². The summed E-state index contributed by atoms with van der Waals surface area (Å²) >= 11 is 0. The number of carboxylic acids is 1. The van der Waals surface area contributed by atoms with Gasteiger partial charge in [-0.2, -0.15) is 0 Å². The summed E-state index contributed by atoms with van der Waals surface area (Å²) in [4.78, 5) is 10.4. The third-order valence-corrected chi connectivity index (χ3v) is 2.26. The molecule has 0 saturated heterocycles. The average molecular weight is 211 g/mol. The van der Waals surface area contributed by atoms with Gasteiger partial charge in [0, 0.05) is 19.4 Å². The quantitative estimate of drug-likeness (QED) is 0.772. The zero-order valence-corrected chi connectivity index (χ0v) is 9.23. The van der Waals surface area contributed by atoms with Crippen LogP contribution in [0.15, 0.2) is 0 Å². The molecule has 0 amide bonds. The number of nitrogens with zero attached hydrogens (tertiary/aromatic N) is 3. The molecule has 0 aliphatic heterocycles. The largest absolute Gasteiger partial charge is 0.481 e. The summed E-state index contributed by atoms with van der Waals surface area (Å²) in [7, 11) is 0. The molecule has 1 rings (SSSR count). The molecule has 0 aliphatic rings. The number of aromatic nitrogens is 3. The summed E-state index contributed by atoms with van der Waals surface area (Å²) in [6.07, 6.45) is 2.75. The molecule has 5 heteroatoms. The van der Waals surface area contributed by atoms with Crippen LogP contribution in [0.1, 0.15) is 37.8 Å². The van der Waals surface area contributed by atoms with E-state index >= 15 is 0 Å². The van der Waals surface area contributed by atoms with Crippen LogP contribution in [0, 0.1) is 6.92 Å². The minimum absolute atomic E-state index is 0.198. The van der Waals surface area contributed by atoms with Gasteiger partial charge >= 0.3 is 5.97 Å². The first-order chi connectivity index (χ1) is 7.15. The maximum Gasteiger partial charge on any atom is 0.303 e. The van der Waals surface area contributed by atoms with E-state index in [1.165, 1.54) is 0 Å². The van der Waals surface area contributed by atoms with Gasteiger partial charge in [0.2, 0.25) is 0 Å². The van der Waals surface area contributed by atoms with Gasteiger partial charge in [-0.3, -0.25) is 4.79 Å². The van der Waals surface area contributed by atoms with Gasteiger partial charge in [0.05, 0.1) is 0 Å². The van der Waals surface area contributed by atoms with E-state index in [1.54, 1.807) is 0 Å². The van der Waals surface area contributed by atoms with Crippen LogP contribution in [0.2, 0.25) is 0 Å². The highest BCUT2D eigenvalue weighted by molar-refractivity contribution is 5.66. The van der Waals surface area contributed by atoms with Crippen molar-refractivity contribution in [3.05, 3.63) is 11.6 Å². The second-order valence-corrected chi connectivity index (χ2v) is 3.56. The van der Waals surface area contributed by atoms with E-state index in [4.69, 9.17) is 5.11 Å². The molecule has 0 fully saturated rings. The number of hydrogen-bond donors (Lipinski definition) is 1. The van der Waals surface area contributed by atoms with Crippen molar-refractivity contribution in [2.75, 3.05) is 0 Å². The highest BCUT2D eigenvalue weighted by atomic mass is 16.4. The molecule has 0 saturated carbocycles. The molecule has 0 radical (unpaired) electrons. The van der Waals surface area contributed by atoms with Gasteiger partial charge in [0.1, 0.15) is 11.6 Å². The molecule has 1 heterocycles. The van der Waals surface area contributed by atoms with Crippen molar-refractivity contribution >= 4 is 5.97 Å². The number of hydrogen-bond acceptors (Lipinski definition) is 3. The van der Waals surface area contributed by atoms with Crippen LogP contribution in [-0.4, -0.2) is 25.8 Å². The van der Waals surface area contributed by atoms with Crippen LogP contribution in [0.4, 0.5) is 0 Å². The lowest BCUT2D eigenvalue weighted by molar-refractivity contribution is -0.137. The van der Waals surface area contributed by atoms with Gasteiger partial charge in [-0.15, -0.1) is 10.2 Å². The van der Waals surface area contributed by atoms with Gasteiger partial charge in [-0.1, -0.05) is 6.92 Å². The van der Waals surface area contributed by atoms with Crippen LogP contribution < -0.4 is 0 Å². The Bertz CT molecular complexity index is 333. The number of carbonyl (C=O) groups is 1. The maximum atomic E-state index is 10.4. The Morgan fingerprint density at radius 1 is 1.47 bits per heavy atom. The molecule has 84 valence electrons. The standard InChI is InChI=1S/C10H17N3O2/c1-3-5-9-12-11-8(2)13(9)7-4-6-10(14)15/h3-7H2,1-2H3,(H,14,15). The van der Waals surface area contributed by atoms with E-state index in [0.717, 1.165) is 24.5 Å². The van der Waals surface area contributed by atoms with Crippen LogP contribution in [-0.2, 0) is 17.8 Å². The zero-order valence-electron chi connectivity index (χ0n) is 9.23. The van der Waals surface area contributed by atoms with Crippen LogP contribution in [0.3, 0.4) is 0 Å². The fourth-order valence-corrected chi connectivity index (χ4v) is 1.51. The average Bonchev–Trinajstić information content (AvgIpc) is 2.50. The lowest BCUT2D eigenvalue weighted by Crippen LogP contribution is -2.07. The molecule has 5 nitrogen and oxygen atoms in total. The summed E-state index contributed by atoms with van der Waals surface area (Å²) in [6, 6.07) is 0. The van der Waals surface area contributed by atoms with Crippen molar-refractivity contribution in [3.8, 4) is 0 Å². The molecule has 0 bridgehead atoms. The number of rotatable bonds is 6. The van der Waals surface area contributed by atoms with Crippen LogP contribution in [0.5, 0.6) is 0 Å². The van der Waals surface area contributed by atoms with Gasteiger partial charge < -0.3 is 9.67 Å². The summed E-state index contributed by atoms with van der Waals surface area (Å²) in [5, 5.41) is 16.6. The number of aryl methyl sites for hydroxylation is 2. The molecule has 0 aliphatic carbocycles. The molecule has 0 atom stereocenters. The zero-order chi connectivity index (χ0) is 11.3. The molecule has 0 unspecified atom stereocenters. The molecule has 0 spiro atoms. The number of aliphatic carboxylic acids is 1. The SMILES string of the molecule is CCCc1nnc(C)n1CCCC(=O)O. The van der Waals surface area contributed by atoms with E-state index in [1.807, 2.05) is 11.5 Å². The molecule has 0 aromatic carbocycles. The Morgan fingerprint density at radius 3 is 2.80 bits per heavy atom. The van der Waals surface area contributed by atoms with Crippen molar-refractivity contribution in [2.45, 2.75) is 46.1 Å². The predicted octanol–water partition coefficient (Wildman–Crippen LogP) is 1.40. The highest BCUT2D eigenvalue weighted by Gasteiger charge is 2.07. The molecular weight excluding hydrogens is 194 g/mol. The second kappa shape index (κ2) is 5.48. The molecule has 15 heavy (non-hydrogen) atoms. The Kier molecular flexibility index (Phi) is 4.27. The van der Waals surface area contributed by atoms with E-state index in [-0.39, 0.29) is 6.42 Å². The lowest BCUT2D eigenvalue weighted by Gasteiger charge is -2.06. The Hall–Kier alpha value is -1.39. The van der Waals surface area contributed by atoms with Gasteiger partial charge in [0.25, 0.3) is 0 Å². The highest BCUT2D eigenvalue weighted by Crippen LogP contribution is 2.06. The summed E-state index contributed by atoms with van der Waals surface area (Å²) in [6.45, 7) is 4.68. The summed E-state index contributed by atoms with van der Waals surface area (Å²) < 4.78 is 2.01. The van der Waals surface area contributed by atoms with Crippen LogP contribution >= 0.6 is 0 Å². The first-order valence-corrected chi connectivity index (χ1v) is 5.25. The lowest BCUT2D eigenvalue weighted by atomic mass is 10.3. The molecular formula is C10H17N3O2. The van der Waals surface area contributed by atoms with Gasteiger partial charge in [-0.25, -0.2) is 0 Å². The van der Waals surface area contributed by atoms with Crippen molar-refractivity contribution in [2.24, 2.45) is 0 Å². The first kappa shape index (κ1) is 11.7. The fourth-order valence-electron chi connectivity index (χ4n) is 1.51. The molecule has 1 aromatic rings. The van der Waals surface area contributed by atoms with E-state index in [0.29, 0.717) is 13.0 Å². The van der Waals surface area contributed by atoms with Gasteiger partial charge in [0.15, 0.2) is 0 Å². The van der Waals surface area contributed by atoms with Gasteiger partial charge in [-0.05, 0) is 19.8 Å². The predicted molar refractivity (Wildman–Crippen MR) is 55.6 cm³/mol. The summed E-state index contributed by atoms with van der Waals surface area (Å²) in [5.41, 5.74) is 0. The Balaban J connectivity index is 2.57. The van der Waals surface area contributed by atoms with Crippen LogP contribution in [0.25, 0.3) is 0 Å². The molecule has 1 aromatic heterocycles. The third-order valence-electron chi connectivity index (χ3n) is 2.26. The normalized spacial score (nSPS) is 10.5. The first-order valence-electron chi connectivity index (χ1n) is 5.25. The number of carboxylic acid groups (broad SMARTS) is 1. The second-order valence-electron chi connectivity index (χ2n) is 3.56. The van der Waals surface area contributed by atoms with E-state index < -0.39 is 5.97 Å². The smallest absolute Gasteiger partial charge is 0.303 e. The van der Waals surface area contributed by atoms with Crippen molar-refractivity contribution in [1.29, 1.82) is 0 Å². The minimum atomic E-state index is -0.752. The monoisotopic (exact) mass is 211 g/mol. The minimum Gasteiger partial charge on any atom is -0.481 e. The van der Waals surface area contributed by atoms with E-state index in [9.17, 15) is 4.79 Å². The Labute approximate surface area is 89.1 Å². The maximum absolute atomic E-state index is 10.4. The summed E-state index contributed by atoms with van der Waals surface area (Å²) in [5.74, 6) is 1.07.